The Labute approximate surface area is 490 Å². The molecule has 0 aromatic rings. The smallest absolute Gasteiger partial charge is 0.306 e. The molecule has 1 N–H and O–H groups in total. The van der Waals surface area contributed by atoms with Crippen LogP contribution in [0.3, 0.4) is 0 Å². The Hall–Kier alpha value is -2.03. The molecule has 0 saturated heterocycles. The number of ether oxygens (including phenoxy) is 1. The van der Waals surface area contributed by atoms with Gasteiger partial charge < -0.3 is 28.5 Å². The van der Waals surface area contributed by atoms with E-state index in [0.717, 1.165) is 64.2 Å². The number of nitrogens with one attached hydrogen (secondary N) is 1. The molecule has 3 atom stereocenters. The molecule has 0 aromatic carbocycles. The van der Waals surface area contributed by atoms with Gasteiger partial charge in [0.25, 0.3) is 7.82 Å². The van der Waals surface area contributed by atoms with Gasteiger partial charge in [-0.2, -0.15) is 0 Å². The summed E-state index contributed by atoms with van der Waals surface area (Å²) in [5.74, 6) is -0.532. The summed E-state index contributed by atoms with van der Waals surface area (Å²) in [5.41, 5.74) is 0. The molecule has 3 unspecified atom stereocenters. The van der Waals surface area contributed by atoms with Crippen molar-refractivity contribution in [1.29, 1.82) is 0 Å². The van der Waals surface area contributed by atoms with Gasteiger partial charge in [0.05, 0.1) is 33.8 Å². The van der Waals surface area contributed by atoms with Crippen LogP contribution in [0, 0.1) is 0 Å². The molecule has 0 spiro atoms. The Balaban J connectivity index is 5.08. The van der Waals surface area contributed by atoms with Crippen molar-refractivity contribution in [3.8, 4) is 0 Å². The van der Waals surface area contributed by atoms with Crippen LogP contribution in [0.5, 0.6) is 0 Å². The number of quaternary nitrogens is 1. The first-order valence-electron chi connectivity index (χ1n) is 33.9. The van der Waals surface area contributed by atoms with Gasteiger partial charge >= 0.3 is 5.97 Å². The third-order valence-corrected chi connectivity index (χ3v) is 16.2. The van der Waals surface area contributed by atoms with Crippen molar-refractivity contribution in [2.75, 3.05) is 40.9 Å². The SMILES string of the molecule is CCCCC/C=C\C/C=C\CCCCCCCCCCCCCC(=O)OC(/C=C/CCCCCCCCCCC)C(COP(=O)([O-])OCC[N+](C)(C)C)NC(=O)CCCCCCCCCCCCC/C=C/CCCCCCCC. The van der Waals surface area contributed by atoms with Gasteiger partial charge in [0, 0.05) is 12.8 Å². The molecule has 9 nitrogen and oxygen atoms in total. The van der Waals surface area contributed by atoms with E-state index in [2.05, 4.69) is 62.5 Å². The van der Waals surface area contributed by atoms with Crippen molar-refractivity contribution in [2.45, 2.75) is 341 Å². The quantitative estimate of drug-likeness (QED) is 0.0212. The Bertz CT molecular complexity index is 1490. The number of rotatable bonds is 62. The maximum absolute atomic E-state index is 13.6. The number of hydrogen-bond acceptors (Lipinski definition) is 7. The number of allylic oxidation sites excluding steroid dienone is 7. The maximum Gasteiger partial charge on any atom is 0.306 e. The highest BCUT2D eigenvalue weighted by Gasteiger charge is 2.27. The summed E-state index contributed by atoms with van der Waals surface area (Å²) in [6.45, 7) is 6.85. The lowest BCUT2D eigenvalue weighted by Crippen LogP contribution is -2.47. The number of nitrogens with zero attached hydrogens (tertiary/aromatic N) is 1. The van der Waals surface area contributed by atoms with E-state index in [4.69, 9.17) is 13.8 Å². The molecule has 464 valence electrons. The number of phosphoric acid groups is 1. The van der Waals surface area contributed by atoms with E-state index in [1.807, 2.05) is 33.3 Å². The van der Waals surface area contributed by atoms with Gasteiger partial charge in [0.2, 0.25) is 5.91 Å². The largest absolute Gasteiger partial charge is 0.756 e. The minimum atomic E-state index is -4.70. The number of carbonyl (C=O) groups excluding carboxylic acids is 2. The second-order valence-corrected chi connectivity index (χ2v) is 25.7. The Morgan fingerprint density at radius 3 is 1.18 bits per heavy atom. The zero-order valence-corrected chi connectivity index (χ0v) is 54.0. The zero-order valence-electron chi connectivity index (χ0n) is 53.1. The molecule has 0 aromatic heterocycles. The molecular weight excluding hydrogens is 1000 g/mol. The summed E-state index contributed by atoms with van der Waals surface area (Å²) in [6, 6.07) is -0.888. The van der Waals surface area contributed by atoms with Crippen LogP contribution in [0.4, 0.5) is 0 Å². The predicted octanol–water partition coefficient (Wildman–Crippen LogP) is 20.6. The number of carbonyl (C=O) groups is 2. The highest BCUT2D eigenvalue weighted by molar-refractivity contribution is 7.45. The minimum absolute atomic E-state index is 0.0217. The predicted molar refractivity (Wildman–Crippen MR) is 339 cm³/mol. The van der Waals surface area contributed by atoms with E-state index < -0.39 is 20.0 Å². The van der Waals surface area contributed by atoms with Gasteiger partial charge in [-0.25, -0.2) is 0 Å². The van der Waals surface area contributed by atoms with Crippen LogP contribution in [0.25, 0.3) is 0 Å². The van der Waals surface area contributed by atoms with Crippen molar-refractivity contribution < 1.29 is 37.3 Å². The summed E-state index contributed by atoms with van der Waals surface area (Å²) in [4.78, 5) is 40.1. The van der Waals surface area contributed by atoms with Gasteiger partial charge in [-0.15, -0.1) is 0 Å². The van der Waals surface area contributed by atoms with E-state index in [0.29, 0.717) is 17.4 Å². The third-order valence-electron chi connectivity index (χ3n) is 15.2. The molecule has 1 amide bonds. The van der Waals surface area contributed by atoms with Gasteiger partial charge in [-0.05, 0) is 89.5 Å². The molecule has 0 radical (unpaired) electrons. The fraction of sp³-hybridized carbons (Fsp3) is 0.855. The molecular formula is C69H131N2O7P. The maximum atomic E-state index is 13.6. The highest BCUT2D eigenvalue weighted by atomic mass is 31.2. The minimum Gasteiger partial charge on any atom is -0.756 e. The molecule has 79 heavy (non-hydrogen) atoms. The lowest BCUT2D eigenvalue weighted by Gasteiger charge is -2.30. The Kier molecular flexibility index (Phi) is 57.6. The Morgan fingerprint density at radius 2 is 0.772 bits per heavy atom. The van der Waals surface area contributed by atoms with E-state index in [-0.39, 0.29) is 31.5 Å². The molecule has 0 aliphatic rings. The summed E-state index contributed by atoms with van der Waals surface area (Å²) < 4.78 is 30.4. The molecule has 0 heterocycles. The average molecular weight is 1130 g/mol. The number of esters is 1. The molecule has 10 heteroatoms. The summed E-state index contributed by atoms with van der Waals surface area (Å²) in [5, 5.41) is 3.04. The number of hydrogen-bond donors (Lipinski definition) is 1. The molecule has 0 aliphatic heterocycles. The second kappa shape index (κ2) is 59.1. The molecule has 0 fully saturated rings. The van der Waals surface area contributed by atoms with Gasteiger partial charge in [0.1, 0.15) is 19.3 Å². The van der Waals surface area contributed by atoms with Crippen molar-refractivity contribution in [3.63, 3.8) is 0 Å². The monoisotopic (exact) mass is 1130 g/mol. The van der Waals surface area contributed by atoms with Crippen molar-refractivity contribution in [1.82, 2.24) is 5.32 Å². The van der Waals surface area contributed by atoms with Crippen LogP contribution in [0.15, 0.2) is 48.6 Å². The van der Waals surface area contributed by atoms with Gasteiger partial charge in [0.15, 0.2) is 0 Å². The molecule has 0 saturated carbocycles. The van der Waals surface area contributed by atoms with Gasteiger partial charge in [-0.1, -0.05) is 275 Å². The van der Waals surface area contributed by atoms with E-state index in [1.54, 1.807) is 0 Å². The van der Waals surface area contributed by atoms with Crippen molar-refractivity contribution >= 4 is 19.7 Å². The van der Waals surface area contributed by atoms with Crippen LogP contribution in [0.1, 0.15) is 329 Å². The van der Waals surface area contributed by atoms with Crippen LogP contribution < -0.4 is 10.2 Å². The molecule has 0 aliphatic carbocycles. The second-order valence-electron chi connectivity index (χ2n) is 24.3. The zero-order chi connectivity index (χ0) is 57.9. The van der Waals surface area contributed by atoms with Crippen LogP contribution in [-0.4, -0.2) is 69.4 Å². The fourth-order valence-electron chi connectivity index (χ4n) is 9.96. The van der Waals surface area contributed by atoms with Crippen LogP contribution in [0.2, 0.25) is 0 Å². The summed E-state index contributed by atoms with van der Waals surface area (Å²) in [7, 11) is 1.19. The molecule has 0 rings (SSSR count). The number of likely N-dealkylation sites (N-methyl/N-ethyl adjacent to an activating group) is 1. The number of unbranched alkanes of at least 4 members (excludes halogenated alkanes) is 40. The standard InChI is InChI=1S/C69H131N2O7P/c1-7-10-13-16-19-22-25-27-29-31-33-35-37-39-41-43-46-49-52-55-58-61-68(72)70-66(65-77-79(74,75)76-64-63-71(4,5)6)67(60-57-54-51-48-45-24-21-18-15-12-9-3)78-69(73)62-59-56-53-50-47-44-42-40-38-36-34-32-30-28-26-23-20-17-14-11-8-2/h20,23,27-30,57,60,66-67H,7-19,21-22,24-26,31-56,58-59,61-65H2,1-6H3,(H-,70,72,74,75)/b23-20-,29-27+,30-28-,60-57+. The first kappa shape index (κ1) is 77.0. The van der Waals surface area contributed by atoms with E-state index in [9.17, 15) is 19.0 Å². The average Bonchev–Trinajstić information content (AvgIpc) is 3.41. The number of amides is 1. The van der Waals surface area contributed by atoms with E-state index >= 15 is 0 Å². The first-order chi connectivity index (χ1) is 38.4. The summed E-state index contributed by atoms with van der Waals surface area (Å²) in [6.07, 6.45) is 73.7. The van der Waals surface area contributed by atoms with Crippen LogP contribution >= 0.6 is 7.82 Å². The lowest BCUT2D eigenvalue weighted by molar-refractivity contribution is -0.870. The normalized spacial score (nSPS) is 13.9. The lowest BCUT2D eigenvalue weighted by atomic mass is 10.0. The molecule has 0 bridgehead atoms. The van der Waals surface area contributed by atoms with E-state index in [1.165, 1.54) is 231 Å². The van der Waals surface area contributed by atoms with Crippen LogP contribution in [-0.2, 0) is 27.9 Å². The summed E-state index contributed by atoms with van der Waals surface area (Å²) >= 11 is 0. The Morgan fingerprint density at radius 1 is 0.443 bits per heavy atom. The third kappa shape index (κ3) is 60.4. The highest BCUT2D eigenvalue weighted by Crippen LogP contribution is 2.38. The topological polar surface area (TPSA) is 114 Å². The first-order valence-corrected chi connectivity index (χ1v) is 35.4. The van der Waals surface area contributed by atoms with Gasteiger partial charge in [-0.3, -0.25) is 14.2 Å². The fourth-order valence-corrected chi connectivity index (χ4v) is 10.7. The van der Waals surface area contributed by atoms with Crippen molar-refractivity contribution in [3.05, 3.63) is 48.6 Å². The number of phosphoric ester groups is 1. The van der Waals surface area contributed by atoms with Crippen molar-refractivity contribution in [2.24, 2.45) is 0 Å².